The molecule has 14 rings (SSSR count). The van der Waals surface area contributed by atoms with Gasteiger partial charge in [-0.2, -0.15) is 0 Å². The summed E-state index contributed by atoms with van der Waals surface area (Å²) in [5.41, 5.74) is 20.4. The molecule has 0 saturated heterocycles. The molecule has 63 heavy (non-hydrogen) atoms. The quantitative estimate of drug-likeness (QED) is 0.169. The summed E-state index contributed by atoms with van der Waals surface area (Å²) in [6, 6.07) is 83.0. The van der Waals surface area contributed by atoms with Crippen LogP contribution < -0.4 is 0 Å². The average Bonchev–Trinajstić information content (AvgIpc) is 3.99. The van der Waals surface area contributed by atoms with Crippen LogP contribution in [0.15, 0.2) is 224 Å². The molecule has 0 unspecified atom stereocenters. The van der Waals surface area contributed by atoms with Gasteiger partial charge in [0.2, 0.25) is 0 Å². The molecule has 0 saturated carbocycles. The van der Waals surface area contributed by atoms with E-state index in [2.05, 4.69) is 238 Å². The number of benzene rings is 10. The maximum absolute atomic E-state index is 2.51. The van der Waals surface area contributed by atoms with Gasteiger partial charge in [0, 0.05) is 49.1 Å². The van der Waals surface area contributed by atoms with Gasteiger partial charge < -0.3 is 13.7 Å². The van der Waals surface area contributed by atoms with E-state index in [4.69, 9.17) is 0 Å². The lowest BCUT2D eigenvalue weighted by molar-refractivity contribution is 1.17. The van der Waals surface area contributed by atoms with Gasteiger partial charge >= 0.3 is 0 Å². The third kappa shape index (κ3) is 4.74. The Morgan fingerprint density at radius 3 is 0.952 bits per heavy atom. The first-order valence-corrected chi connectivity index (χ1v) is 21.8. The monoisotopic (exact) mass is 799 g/mol. The molecule has 10 aromatic carbocycles. The van der Waals surface area contributed by atoms with Crippen molar-refractivity contribution in [2.45, 2.75) is 0 Å². The Hall–Kier alpha value is -8.40. The number of fused-ring (bicyclic) bond motifs is 17. The summed E-state index contributed by atoms with van der Waals surface area (Å²) in [6.07, 6.45) is 0. The zero-order valence-electron chi connectivity index (χ0n) is 34.2. The lowest BCUT2D eigenvalue weighted by Gasteiger charge is -2.27. The minimum absolute atomic E-state index is 1.15. The van der Waals surface area contributed by atoms with E-state index in [9.17, 15) is 0 Å². The van der Waals surface area contributed by atoms with E-state index in [-0.39, 0.29) is 0 Å². The van der Waals surface area contributed by atoms with Crippen molar-refractivity contribution in [2.24, 2.45) is 0 Å². The highest BCUT2D eigenvalue weighted by molar-refractivity contribution is 6.15. The van der Waals surface area contributed by atoms with E-state index in [1.165, 1.54) is 116 Å². The maximum Gasteiger partial charge on any atom is 0.0547 e. The van der Waals surface area contributed by atoms with Gasteiger partial charge in [-0.05, 0) is 94.0 Å². The number of nitrogens with zero attached hydrogens (tertiary/aromatic N) is 3. The summed E-state index contributed by atoms with van der Waals surface area (Å²) in [6.45, 7) is 0. The maximum atomic E-state index is 2.51. The Kier molecular flexibility index (Phi) is 7.11. The molecule has 13 aromatic rings. The highest BCUT2D eigenvalue weighted by atomic mass is 15.0. The molecule has 0 fully saturated rings. The van der Waals surface area contributed by atoms with Crippen molar-refractivity contribution >= 4 is 65.4 Å². The summed E-state index contributed by atoms with van der Waals surface area (Å²) < 4.78 is 7.41. The lowest BCUT2D eigenvalue weighted by Crippen LogP contribution is -2.05. The van der Waals surface area contributed by atoms with Crippen molar-refractivity contribution in [3.8, 4) is 61.6 Å². The fourth-order valence-electron chi connectivity index (χ4n) is 11.1. The average molecular weight is 800 g/mol. The molecular weight excluding hydrogens is 763 g/mol. The zero-order valence-corrected chi connectivity index (χ0v) is 34.2. The van der Waals surface area contributed by atoms with Gasteiger partial charge in [0.05, 0.1) is 44.5 Å². The molecule has 3 nitrogen and oxygen atoms in total. The van der Waals surface area contributed by atoms with Crippen LogP contribution in [-0.4, -0.2) is 13.7 Å². The topological polar surface area (TPSA) is 14.8 Å². The van der Waals surface area contributed by atoms with Crippen molar-refractivity contribution in [2.75, 3.05) is 0 Å². The van der Waals surface area contributed by atoms with Crippen LogP contribution in [0.4, 0.5) is 0 Å². The Morgan fingerprint density at radius 2 is 0.524 bits per heavy atom. The third-order valence-electron chi connectivity index (χ3n) is 13.6. The van der Waals surface area contributed by atoms with Gasteiger partial charge in [-0.25, -0.2) is 0 Å². The normalized spacial score (nSPS) is 12.1. The molecule has 3 heteroatoms. The molecule has 0 aliphatic heterocycles. The molecule has 3 heterocycles. The minimum Gasteiger partial charge on any atom is -0.309 e. The molecule has 3 aromatic heterocycles. The smallest absolute Gasteiger partial charge is 0.0547 e. The van der Waals surface area contributed by atoms with Crippen LogP contribution >= 0.6 is 0 Å². The summed E-state index contributed by atoms with van der Waals surface area (Å²) >= 11 is 0. The van der Waals surface area contributed by atoms with E-state index in [1.54, 1.807) is 0 Å². The first-order chi connectivity index (χ1) is 31.3. The van der Waals surface area contributed by atoms with E-state index in [0.29, 0.717) is 0 Å². The van der Waals surface area contributed by atoms with Gasteiger partial charge in [0.15, 0.2) is 0 Å². The fraction of sp³-hybridized carbons (Fsp3) is 0. The van der Waals surface area contributed by atoms with Gasteiger partial charge in [-0.3, -0.25) is 0 Å². The molecule has 0 spiro atoms. The van der Waals surface area contributed by atoms with E-state index in [0.717, 1.165) is 11.4 Å². The first kappa shape index (κ1) is 34.3. The Bertz CT molecular complexity index is 3930. The number of rotatable bonds is 3. The predicted octanol–water partition coefficient (Wildman–Crippen LogP) is 16.0. The standard InChI is InChI=1S/C60H37N3/c1-3-24-46-39(17-1)49-27-16-34-58(63-55-32-14-9-23-45(55)50-37-38(35-36-56(50)63)61-51-28-10-5-19-41(51)42-20-6-11-29-52(42)61)60(49)47-25-4-2-18-40(47)48-26-15-33-57(59(46)48)62-53-30-12-7-21-43(53)44-22-8-13-31-54(44)62/h1-37H. The van der Waals surface area contributed by atoms with Crippen LogP contribution in [0.3, 0.4) is 0 Å². The highest BCUT2D eigenvalue weighted by Crippen LogP contribution is 2.52. The van der Waals surface area contributed by atoms with Gasteiger partial charge in [0.1, 0.15) is 0 Å². The fourth-order valence-corrected chi connectivity index (χ4v) is 11.1. The second-order valence-electron chi connectivity index (χ2n) is 16.8. The predicted molar refractivity (Wildman–Crippen MR) is 265 cm³/mol. The van der Waals surface area contributed by atoms with Crippen LogP contribution in [0.1, 0.15) is 0 Å². The number of hydrogen-bond donors (Lipinski definition) is 0. The lowest BCUT2D eigenvalue weighted by atomic mass is 9.79. The molecule has 0 atom stereocenters. The number of aromatic nitrogens is 3. The van der Waals surface area contributed by atoms with E-state index >= 15 is 0 Å². The Balaban J connectivity index is 1.06. The van der Waals surface area contributed by atoms with Crippen LogP contribution in [-0.2, 0) is 0 Å². The largest absolute Gasteiger partial charge is 0.309 e. The summed E-state index contributed by atoms with van der Waals surface area (Å²) in [4.78, 5) is 0. The van der Waals surface area contributed by atoms with Crippen LogP contribution in [0.25, 0.3) is 127 Å². The molecule has 0 radical (unpaired) electrons. The summed E-state index contributed by atoms with van der Waals surface area (Å²) in [7, 11) is 0. The number of hydrogen-bond acceptors (Lipinski definition) is 0. The summed E-state index contributed by atoms with van der Waals surface area (Å²) in [5.74, 6) is 0. The van der Waals surface area contributed by atoms with Crippen LogP contribution in [0.5, 0.6) is 0 Å². The Labute approximate surface area is 363 Å². The summed E-state index contributed by atoms with van der Waals surface area (Å²) in [5, 5.41) is 7.50. The minimum atomic E-state index is 1.15. The van der Waals surface area contributed by atoms with Crippen molar-refractivity contribution in [3.05, 3.63) is 224 Å². The van der Waals surface area contributed by atoms with Crippen LogP contribution in [0.2, 0.25) is 0 Å². The van der Waals surface area contributed by atoms with Gasteiger partial charge in [-0.1, -0.05) is 164 Å². The zero-order chi connectivity index (χ0) is 41.2. The molecular formula is C60H37N3. The van der Waals surface area contributed by atoms with Gasteiger partial charge in [0.25, 0.3) is 0 Å². The van der Waals surface area contributed by atoms with Crippen molar-refractivity contribution in [1.82, 2.24) is 13.7 Å². The molecule has 0 N–H and O–H groups in total. The third-order valence-corrected chi connectivity index (χ3v) is 13.6. The molecule has 0 amide bonds. The molecule has 292 valence electrons. The first-order valence-electron chi connectivity index (χ1n) is 21.8. The van der Waals surface area contributed by atoms with Crippen LogP contribution in [0, 0.1) is 0 Å². The van der Waals surface area contributed by atoms with E-state index < -0.39 is 0 Å². The molecule has 0 bridgehead atoms. The second-order valence-corrected chi connectivity index (χ2v) is 16.8. The van der Waals surface area contributed by atoms with Gasteiger partial charge in [-0.15, -0.1) is 0 Å². The number of para-hydroxylation sites is 5. The van der Waals surface area contributed by atoms with Crippen molar-refractivity contribution < 1.29 is 0 Å². The second kappa shape index (κ2) is 13.1. The SMILES string of the molecule is c1ccc2c(c1)-c1cccc(-n3c4ccccc4c4cc(-n5c6ccccc6c6ccccc65)ccc43)c1-c1ccccc1-c1cccc(-n3c4ccccc4c4ccccc43)c1-2. The van der Waals surface area contributed by atoms with Crippen molar-refractivity contribution in [3.63, 3.8) is 0 Å². The molecule has 1 aliphatic rings. The molecule has 1 aliphatic carbocycles. The Morgan fingerprint density at radius 1 is 0.206 bits per heavy atom. The van der Waals surface area contributed by atoms with E-state index in [1.807, 2.05) is 0 Å². The van der Waals surface area contributed by atoms with Crippen molar-refractivity contribution in [1.29, 1.82) is 0 Å². The highest BCUT2D eigenvalue weighted by Gasteiger charge is 2.28.